The van der Waals surface area contributed by atoms with E-state index in [0.717, 1.165) is 16.4 Å². The Hall–Kier alpha value is -1.31. The second-order valence-corrected chi connectivity index (χ2v) is 6.15. The normalized spacial score (nSPS) is 11.8. The molecule has 1 aromatic rings. The molecular weight excluding hydrogens is 286 g/mol. The molecular formula is C13H18F2N2O2S. The van der Waals surface area contributed by atoms with Gasteiger partial charge in [0.05, 0.1) is 0 Å². The van der Waals surface area contributed by atoms with E-state index in [9.17, 15) is 17.2 Å². The highest BCUT2D eigenvalue weighted by atomic mass is 32.2. The number of halogens is 2. The Morgan fingerprint density at radius 2 is 2.05 bits per heavy atom. The first-order chi connectivity index (χ1) is 9.38. The molecule has 2 N–H and O–H groups in total. The lowest BCUT2D eigenvalue weighted by atomic mass is 10.2. The van der Waals surface area contributed by atoms with Gasteiger partial charge in [0.25, 0.3) is 0 Å². The van der Waals surface area contributed by atoms with Crippen LogP contribution in [0.15, 0.2) is 29.7 Å². The Bertz CT molecular complexity index is 588. The summed E-state index contributed by atoms with van der Waals surface area (Å²) in [6, 6.07) is 1.96. The van der Waals surface area contributed by atoms with Gasteiger partial charge < -0.3 is 5.73 Å². The van der Waals surface area contributed by atoms with Gasteiger partial charge in [-0.2, -0.15) is 4.31 Å². The largest absolute Gasteiger partial charge is 0.326 e. The maximum Gasteiger partial charge on any atom is 0.246 e. The van der Waals surface area contributed by atoms with Gasteiger partial charge in [0, 0.05) is 19.6 Å². The van der Waals surface area contributed by atoms with Crippen molar-refractivity contribution >= 4 is 10.0 Å². The van der Waals surface area contributed by atoms with Crippen molar-refractivity contribution in [2.24, 2.45) is 5.73 Å². The summed E-state index contributed by atoms with van der Waals surface area (Å²) >= 11 is 0. The third-order valence-corrected chi connectivity index (χ3v) is 4.58. The summed E-state index contributed by atoms with van der Waals surface area (Å²) in [5, 5.41) is 0. The molecule has 0 saturated carbocycles. The van der Waals surface area contributed by atoms with Gasteiger partial charge in [0.15, 0.2) is 11.6 Å². The predicted molar refractivity (Wildman–Crippen MR) is 73.5 cm³/mol. The minimum atomic E-state index is -4.12. The third-order valence-electron chi connectivity index (χ3n) is 2.71. The Morgan fingerprint density at radius 3 is 2.55 bits per heavy atom. The smallest absolute Gasteiger partial charge is 0.246 e. The van der Waals surface area contributed by atoms with Crippen molar-refractivity contribution in [1.82, 2.24) is 4.31 Å². The lowest BCUT2D eigenvalue weighted by molar-refractivity contribution is 0.429. The standard InChI is InChI=1S/C13H18F2N2O2S/c1-3-5-17(6-4-2)20(18,19)12-8-10(9-16)7-11(14)13(12)15/h3,7-8H,1,4-6,9,16H2,2H3. The molecule has 0 aliphatic rings. The number of rotatable bonds is 7. The number of sulfonamides is 1. The Balaban J connectivity index is 3.39. The first kappa shape index (κ1) is 16.7. The van der Waals surface area contributed by atoms with Crippen LogP contribution in [-0.4, -0.2) is 25.8 Å². The van der Waals surface area contributed by atoms with Gasteiger partial charge in [0.1, 0.15) is 4.90 Å². The van der Waals surface area contributed by atoms with Gasteiger partial charge in [-0.05, 0) is 24.1 Å². The zero-order valence-corrected chi connectivity index (χ0v) is 12.1. The summed E-state index contributed by atoms with van der Waals surface area (Å²) in [6.45, 7) is 5.41. The summed E-state index contributed by atoms with van der Waals surface area (Å²) in [5.74, 6) is -2.60. The first-order valence-corrected chi connectivity index (χ1v) is 7.61. The summed E-state index contributed by atoms with van der Waals surface area (Å²) in [6.07, 6.45) is 1.95. The molecule has 1 aromatic carbocycles. The van der Waals surface area contributed by atoms with Crippen LogP contribution in [0.5, 0.6) is 0 Å². The van der Waals surface area contributed by atoms with Crippen LogP contribution >= 0.6 is 0 Å². The van der Waals surface area contributed by atoms with Gasteiger partial charge in [-0.1, -0.05) is 13.0 Å². The maximum atomic E-state index is 13.8. The van der Waals surface area contributed by atoms with Crippen molar-refractivity contribution in [3.8, 4) is 0 Å². The maximum absolute atomic E-state index is 13.8. The molecule has 0 aromatic heterocycles. The van der Waals surface area contributed by atoms with Crippen LogP contribution in [0.25, 0.3) is 0 Å². The lowest BCUT2D eigenvalue weighted by Gasteiger charge is -2.20. The monoisotopic (exact) mass is 304 g/mol. The quantitative estimate of drug-likeness (QED) is 0.784. The van der Waals surface area contributed by atoms with Gasteiger partial charge in [-0.15, -0.1) is 6.58 Å². The molecule has 0 aliphatic carbocycles. The van der Waals surface area contributed by atoms with Crippen molar-refractivity contribution in [1.29, 1.82) is 0 Å². The van der Waals surface area contributed by atoms with E-state index in [2.05, 4.69) is 6.58 Å². The van der Waals surface area contributed by atoms with Crippen LogP contribution in [0.2, 0.25) is 0 Å². The minimum absolute atomic E-state index is 0.0318. The summed E-state index contributed by atoms with van der Waals surface area (Å²) in [4.78, 5) is -0.687. The number of hydrogen-bond acceptors (Lipinski definition) is 3. The highest BCUT2D eigenvalue weighted by Gasteiger charge is 2.28. The van der Waals surface area contributed by atoms with Crippen molar-refractivity contribution in [2.45, 2.75) is 24.8 Å². The fourth-order valence-corrected chi connectivity index (χ4v) is 3.39. The van der Waals surface area contributed by atoms with Crippen molar-refractivity contribution in [2.75, 3.05) is 13.1 Å². The van der Waals surface area contributed by atoms with E-state index in [0.29, 0.717) is 6.42 Å². The van der Waals surface area contributed by atoms with Crippen molar-refractivity contribution in [3.63, 3.8) is 0 Å². The van der Waals surface area contributed by atoms with Gasteiger partial charge in [-0.25, -0.2) is 17.2 Å². The number of nitrogens with zero attached hydrogens (tertiary/aromatic N) is 1. The molecule has 7 heteroatoms. The molecule has 4 nitrogen and oxygen atoms in total. The van der Waals surface area contributed by atoms with Crippen LogP contribution in [0.1, 0.15) is 18.9 Å². The van der Waals surface area contributed by atoms with E-state index >= 15 is 0 Å². The van der Waals surface area contributed by atoms with Crippen molar-refractivity contribution in [3.05, 3.63) is 42.0 Å². The average molecular weight is 304 g/mol. The highest BCUT2D eigenvalue weighted by molar-refractivity contribution is 7.89. The van der Waals surface area contributed by atoms with E-state index in [1.807, 2.05) is 0 Å². The second-order valence-electron chi connectivity index (χ2n) is 4.25. The summed E-state index contributed by atoms with van der Waals surface area (Å²) < 4.78 is 53.1. The average Bonchev–Trinajstić information content (AvgIpc) is 2.41. The summed E-state index contributed by atoms with van der Waals surface area (Å²) in [5.41, 5.74) is 5.58. The topological polar surface area (TPSA) is 63.4 Å². The van der Waals surface area contributed by atoms with Crippen molar-refractivity contribution < 1.29 is 17.2 Å². The molecule has 20 heavy (non-hydrogen) atoms. The Kier molecular flexibility index (Phi) is 5.79. The van der Waals surface area contributed by atoms with Crippen LogP contribution in [0, 0.1) is 11.6 Å². The van der Waals surface area contributed by atoms with Crippen LogP contribution < -0.4 is 5.73 Å². The molecule has 0 amide bonds. The molecule has 0 heterocycles. The molecule has 0 radical (unpaired) electrons. The molecule has 0 spiro atoms. The number of hydrogen-bond donors (Lipinski definition) is 1. The van der Waals surface area contributed by atoms with E-state index in [4.69, 9.17) is 5.73 Å². The molecule has 112 valence electrons. The van der Waals surface area contributed by atoms with E-state index in [1.165, 1.54) is 6.08 Å². The first-order valence-electron chi connectivity index (χ1n) is 6.17. The fraction of sp³-hybridized carbons (Fsp3) is 0.385. The lowest BCUT2D eigenvalue weighted by Crippen LogP contribution is -2.33. The zero-order valence-electron chi connectivity index (χ0n) is 11.3. The fourth-order valence-electron chi connectivity index (χ4n) is 1.76. The number of benzene rings is 1. The molecule has 0 saturated heterocycles. The van der Waals surface area contributed by atoms with E-state index < -0.39 is 26.6 Å². The van der Waals surface area contributed by atoms with Crippen LogP contribution in [-0.2, 0) is 16.6 Å². The van der Waals surface area contributed by atoms with Gasteiger partial charge >= 0.3 is 0 Å². The zero-order chi connectivity index (χ0) is 15.3. The highest BCUT2D eigenvalue weighted by Crippen LogP contribution is 2.23. The summed E-state index contributed by atoms with van der Waals surface area (Å²) in [7, 11) is -4.12. The van der Waals surface area contributed by atoms with Crippen LogP contribution in [0.3, 0.4) is 0 Å². The van der Waals surface area contributed by atoms with Gasteiger partial charge in [0.2, 0.25) is 10.0 Å². The SMILES string of the molecule is C=CCN(CCC)S(=O)(=O)c1cc(CN)cc(F)c1F. The molecule has 1 rings (SSSR count). The van der Waals surface area contributed by atoms with E-state index in [-0.39, 0.29) is 25.2 Å². The number of nitrogens with two attached hydrogens (primary N) is 1. The minimum Gasteiger partial charge on any atom is -0.326 e. The molecule has 0 unspecified atom stereocenters. The van der Waals surface area contributed by atoms with Crippen LogP contribution in [0.4, 0.5) is 8.78 Å². The molecule has 0 atom stereocenters. The molecule has 0 fully saturated rings. The third kappa shape index (κ3) is 3.41. The second kappa shape index (κ2) is 6.92. The van der Waals surface area contributed by atoms with Gasteiger partial charge in [-0.3, -0.25) is 0 Å². The van der Waals surface area contributed by atoms with E-state index in [1.54, 1.807) is 6.92 Å². The Morgan fingerprint density at radius 1 is 1.40 bits per heavy atom. The molecule has 0 bridgehead atoms. The molecule has 0 aliphatic heterocycles. The predicted octanol–water partition coefficient (Wildman–Crippen LogP) is 2.01. The Labute approximate surface area is 117 Å².